The van der Waals surface area contributed by atoms with Crippen LogP contribution >= 0.6 is 11.8 Å². The lowest BCUT2D eigenvalue weighted by Gasteiger charge is -2.09. The number of fused-ring (bicyclic) bond motifs is 2. The molecule has 0 amide bonds. The third kappa shape index (κ3) is 3.59. The van der Waals surface area contributed by atoms with Gasteiger partial charge in [-0.2, -0.15) is 0 Å². The molecule has 2 heterocycles. The van der Waals surface area contributed by atoms with Crippen LogP contribution in [0.4, 0.5) is 0 Å². The first-order chi connectivity index (χ1) is 13.5. The molecule has 8 heteroatoms. The van der Waals surface area contributed by atoms with Crippen molar-refractivity contribution in [2.45, 2.75) is 18.8 Å². The number of aromatic hydroxyl groups is 1. The minimum atomic E-state index is -0.576. The van der Waals surface area contributed by atoms with Gasteiger partial charge in [0.1, 0.15) is 29.2 Å². The van der Waals surface area contributed by atoms with Crippen LogP contribution in [0.15, 0.2) is 61.3 Å². The van der Waals surface area contributed by atoms with E-state index in [1.807, 2.05) is 18.2 Å². The predicted octanol–water partition coefficient (Wildman–Crippen LogP) is 3.78. The van der Waals surface area contributed by atoms with E-state index in [1.54, 1.807) is 19.1 Å². The molecule has 0 aliphatic rings. The number of thioether (sulfide) groups is 1. The summed E-state index contributed by atoms with van der Waals surface area (Å²) in [5, 5.41) is 10.8. The van der Waals surface area contributed by atoms with Crippen LogP contribution in [-0.4, -0.2) is 21.8 Å². The van der Waals surface area contributed by atoms with Crippen LogP contribution in [0.2, 0.25) is 0 Å². The maximum atomic E-state index is 12.1. The number of rotatable bonds is 5. The minimum absolute atomic E-state index is 0.0199. The molecule has 142 valence electrons. The van der Waals surface area contributed by atoms with Crippen LogP contribution in [0.25, 0.3) is 22.1 Å². The number of carbonyl (C=O) groups excluding carboxylic acids is 1. The molecule has 2 aromatic heterocycles. The number of phenolic OH excluding ortho intramolecular Hbond substituents is 1. The maximum Gasteiger partial charge on any atom is 0.336 e. The van der Waals surface area contributed by atoms with Crippen LogP contribution in [0.1, 0.15) is 11.1 Å². The number of hydrogen-bond donors (Lipinski definition) is 1. The lowest BCUT2D eigenvalue weighted by atomic mass is 10.1. The smallest absolute Gasteiger partial charge is 0.336 e. The number of hydrogen-bond acceptors (Lipinski definition) is 8. The van der Waals surface area contributed by atoms with Gasteiger partial charge in [0.25, 0.3) is 5.22 Å². The number of aryl methyl sites for hydroxylation is 1. The summed E-state index contributed by atoms with van der Waals surface area (Å²) in [7, 11) is 0. The van der Waals surface area contributed by atoms with Gasteiger partial charge in [0.05, 0.1) is 0 Å². The zero-order valence-electron chi connectivity index (χ0n) is 14.8. The van der Waals surface area contributed by atoms with Crippen molar-refractivity contribution in [2.75, 3.05) is 5.75 Å². The Hall–Kier alpha value is -3.26. The zero-order chi connectivity index (χ0) is 19.7. The fraction of sp³-hybridized carbons (Fsp3) is 0.150. The lowest BCUT2D eigenvalue weighted by molar-refractivity contribution is -0.141. The summed E-state index contributed by atoms with van der Waals surface area (Å²) >= 11 is 1.13. The van der Waals surface area contributed by atoms with Crippen LogP contribution in [0, 0.1) is 6.92 Å². The average molecular weight is 397 g/mol. The topological polar surface area (TPSA) is 103 Å². The van der Waals surface area contributed by atoms with E-state index in [9.17, 15) is 14.7 Å². The first-order valence-corrected chi connectivity index (χ1v) is 9.39. The summed E-state index contributed by atoms with van der Waals surface area (Å²) in [5.74, 6) is -0.421. The number of nitrogens with zero attached hydrogens (tertiary/aromatic N) is 1. The van der Waals surface area contributed by atoms with Crippen molar-refractivity contribution >= 4 is 39.8 Å². The summed E-state index contributed by atoms with van der Waals surface area (Å²) in [6.45, 7) is 1.56. The molecule has 4 rings (SSSR count). The van der Waals surface area contributed by atoms with Crippen molar-refractivity contribution in [1.29, 1.82) is 0 Å². The molecule has 0 radical (unpaired) electrons. The molecule has 0 bridgehead atoms. The van der Waals surface area contributed by atoms with Crippen molar-refractivity contribution in [3.05, 3.63) is 64.0 Å². The van der Waals surface area contributed by atoms with E-state index in [0.717, 1.165) is 17.3 Å². The quantitative estimate of drug-likeness (QED) is 0.308. The molecule has 2 aromatic carbocycles. The summed E-state index contributed by atoms with van der Waals surface area (Å²) in [6, 6.07) is 11.7. The number of ether oxygens (including phenoxy) is 1. The fourth-order valence-electron chi connectivity index (χ4n) is 2.77. The van der Waals surface area contributed by atoms with E-state index >= 15 is 0 Å². The normalized spacial score (nSPS) is 11.2. The summed E-state index contributed by atoms with van der Waals surface area (Å²) < 4.78 is 16.0. The second-order valence-corrected chi connectivity index (χ2v) is 7.00. The summed E-state index contributed by atoms with van der Waals surface area (Å²) in [5.41, 5.74) is 2.04. The molecule has 0 fully saturated rings. The molecule has 1 N–H and O–H groups in total. The molecular weight excluding hydrogens is 382 g/mol. The Morgan fingerprint density at radius 3 is 2.86 bits per heavy atom. The highest BCUT2D eigenvalue weighted by molar-refractivity contribution is 7.99. The lowest BCUT2D eigenvalue weighted by Crippen LogP contribution is -2.09. The highest BCUT2D eigenvalue weighted by Crippen LogP contribution is 2.28. The SMILES string of the molecule is Cc1c(O)ccc2c(COC(=O)CSc3nc4ccccc4o3)cc(=O)oc12. The van der Waals surface area contributed by atoms with Gasteiger partial charge in [0.15, 0.2) is 5.58 Å². The van der Waals surface area contributed by atoms with Gasteiger partial charge in [0, 0.05) is 22.6 Å². The maximum absolute atomic E-state index is 12.1. The molecule has 0 spiro atoms. The Balaban J connectivity index is 1.44. The fourth-order valence-corrected chi connectivity index (χ4v) is 3.40. The van der Waals surface area contributed by atoms with Gasteiger partial charge in [-0.25, -0.2) is 9.78 Å². The Labute approximate surface area is 162 Å². The Morgan fingerprint density at radius 2 is 2.04 bits per heavy atom. The van der Waals surface area contributed by atoms with Gasteiger partial charge < -0.3 is 18.7 Å². The molecule has 0 aliphatic heterocycles. The van der Waals surface area contributed by atoms with Crippen molar-refractivity contribution in [3.63, 3.8) is 0 Å². The van der Waals surface area contributed by atoms with Gasteiger partial charge in [-0.1, -0.05) is 23.9 Å². The second-order valence-electron chi connectivity index (χ2n) is 6.07. The number of aromatic nitrogens is 1. The third-order valence-corrected chi connectivity index (χ3v) is 5.00. The molecule has 4 aromatic rings. The number of esters is 1. The standard InChI is InChI=1S/C20H15NO6S/c1-11-15(22)7-6-13-12(8-17(23)27-19(11)13)9-25-18(24)10-28-20-21-14-4-2-3-5-16(14)26-20/h2-8,22H,9-10H2,1H3. The molecule has 7 nitrogen and oxygen atoms in total. The van der Waals surface area contributed by atoms with Crippen molar-refractivity contribution in [3.8, 4) is 5.75 Å². The van der Waals surface area contributed by atoms with E-state index in [1.165, 1.54) is 12.1 Å². The minimum Gasteiger partial charge on any atom is -0.508 e. The molecule has 0 unspecified atom stereocenters. The Morgan fingerprint density at radius 1 is 1.21 bits per heavy atom. The van der Waals surface area contributed by atoms with Crippen molar-refractivity contribution in [2.24, 2.45) is 0 Å². The number of oxazole rings is 1. The van der Waals surface area contributed by atoms with Crippen LogP contribution in [0.3, 0.4) is 0 Å². The average Bonchev–Trinajstić information content (AvgIpc) is 3.10. The van der Waals surface area contributed by atoms with Crippen LogP contribution in [0.5, 0.6) is 5.75 Å². The largest absolute Gasteiger partial charge is 0.508 e. The van der Waals surface area contributed by atoms with Gasteiger partial charge in [-0.15, -0.1) is 0 Å². The van der Waals surface area contributed by atoms with Crippen molar-refractivity contribution in [1.82, 2.24) is 4.98 Å². The Bertz CT molecular complexity index is 1210. The predicted molar refractivity (Wildman–Crippen MR) is 103 cm³/mol. The van der Waals surface area contributed by atoms with E-state index < -0.39 is 11.6 Å². The number of para-hydroxylation sites is 2. The third-order valence-electron chi connectivity index (χ3n) is 4.19. The Kier molecular flexibility index (Phi) is 4.79. The van der Waals surface area contributed by atoms with Crippen LogP contribution < -0.4 is 5.63 Å². The molecular formula is C20H15NO6S. The van der Waals surface area contributed by atoms with E-state index in [-0.39, 0.29) is 23.7 Å². The van der Waals surface area contributed by atoms with E-state index in [0.29, 0.717) is 27.3 Å². The molecule has 0 saturated heterocycles. The van der Waals surface area contributed by atoms with Gasteiger partial charge in [-0.05, 0) is 31.2 Å². The number of benzene rings is 2. The highest BCUT2D eigenvalue weighted by Gasteiger charge is 2.14. The van der Waals surface area contributed by atoms with E-state index in [4.69, 9.17) is 13.6 Å². The van der Waals surface area contributed by atoms with E-state index in [2.05, 4.69) is 4.98 Å². The molecule has 0 aliphatic carbocycles. The second kappa shape index (κ2) is 7.40. The number of phenols is 1. The first kappa shape index (κ1) is 18.1. The summed E-state index contributed by atoms with van der Waals surface area (Å²) in [4.78, 5) is 28.2. The molecule has 0 atom stereocenters. The number of carbonyl (C=O) groups is 1. The monoisotopic (exact) mass is 397 g/mol. The summed E-state index contributed by atoms with van der Waals surface area (Å²) in [6.07, 6.45) is 0. The zero-order valence-corrected chi connectivity index (χ0v) is 15.6. The van der Waals surface area contributed by atoms with Gasteiger partial charge >= 0.3 is 11.6 Å². The highest BCUT2D eigenvalue weighted by atomic mass is 32.2. The van der Waals surface area contributed by atoms with Gasteiger partial charge in [0.2, 0.25) is 0 Å². The first-order valence-electron chi connectivity index (χ1n) is 8.40. The van der Waals surface area contributed by atoms with Gasteiger partial charge in [-0.3, -0.25) is 4.79 Å². The molecule has 0 saturated carbocycles. The van der Waals surface area contributed by atoms with Crippen LogP contribution in [-0.2, 0) is 16.1 Å². The van der Waals surface area contributed by atoms with Crippen molar-refractivity contribution < 1.29 is 23.5 Å². The molecule has 28 heavy (non-hydrogen) atoms.